The number of hydrogen-bond donors (Lipinski definition) is 1. The van der Waals surface area contributed by atoms with Crippen molar-refractivity contribution < 1.29 is 4.79 Å². The van der Waals surface area contributed by atoms with E-state index in [1.807, 2.05) is 18.2 Å². The van der Waals surface area contributed by atoms with Crippen LogP contribution in [0.25, 0.3) is 6.08 Å². The highest BCUT2D eigenvalue weighted by Crippen LogP contribution is 2.23. The number of likely N-dealkylation sites (tertiary alicyclic amines) is 1. The Balaban J connectivity index is 1.63. The number of allylic oxidation sites excluding steroid dienone is 2. The van der Waals surface area contributed by atoms with E-state index in [9.17, 15) is 4.79 Å². The van der Waals surface area contributed by atoms with Crippen LogP contribution < -0.4 is 5.32 Å². The SMILES string of the molecule is O=C(C=CC=Cc1ccc(Cl)c(Cl)c1)NCCCN1CCCCC1. The van der Waals surface area contributed by atoms with Gasteiger partial charge in [0.15, 0.2) is 0 Å². The van der Waals surface area contributed by atoms with Gasteiger partial charge in [-0.15, -0.1) is 0 Å². The van der Waals surface area contributed by atoms with E-state index in [0.717, 1.165) is 25.1 Å². The predicted molar refractivity (Wildman–Crippen MR) is 103 cm³/mol. The molecule has 1 N–H and O–H groups in total. The number of amides is 1. The van der Waals surface area contributed by atoms with Crippen LogP contribution in [0.15, 0.2) is 36.4 Å². The third-order valence-corrected chi connectivity index (χ3v) is 4.73. The van der Waals surface area contributed by atoms with Gasteiger partial charge in [-0.3, -0.25) is 4.79 Å². The van der Waals surface area contributed by atoms with E-state index in [2.05, 4.69) is 10.2 Å². The molecular weight excluding hydrogens is 343 g/mol. The largest absolute Gasteiger partial charge is 0.353 e. The number of carbonyl (C=O) groups is 1. The summed E-state index contributed by atoms with van der Waals surface area (Å²) in [5.74, 6) is -0.0626. The minimum atomic E-state index is -0.0626. The third-order valence-electron chi connectivity index (χ3n) is 3.99. The van der Waals surface area contributed by atoms with Crippen molar-refractivity contribution in [1.82, 2.24) is 10.2 Å². The standard InChI is InChI=1S/C19H24Cl2N2O/c20-17-10-9-16(15-18(17)21)7-2-3-8-19(24)22-11-6-14-23-12-4-1-5-13-23/h2-3,7-10,15H,1,4-6,11-14H2,(H,22,24). The topological polar surface area (TPSA) is 32.3 Å². The smallest absolute Gasteiger partial charge is 0.243 e. The molecule has 1 aromatic rings. The molecule has 0 saturated carbocycles. The molecule has 0 atom stereocenters. The average molecular weight is 367 g/mol. The number of benzene rings is 1. The number of rotatable bonds is 7. The minimum Gasteiger partial charge on any atom is -0.353 e. The van der Waals surface area contributed by atoms with Gasteiger partial charge in [-0.1, -0.05) is 53.9 Å². The molecule has 1 fully saturated rings. The molecule has 1 saturated heterocycles. The Labute approximate surface area is 154 Å². The molecule has 1 amide bonds. The number of piperidine rings is 1. The molecule has 0 radical (unpaired) electrons. The third kappa shape index (κ3) is 7.08. The lowest BCUT2D eigenvalue weighted by Crippen LogP contribution is -2.33. The van der Waals surface area contributed by atoms with E-state index < -0.39 is 0 Å². The highest BCUT2D eigenvalue weighted by Gasteiger charge is 2.08. The van der Waals surface area contributed by atoms with Crippen LogP contribution in [0.3, 0.4) is 0 Å². The molecule has 24 heavy (non-hydrogen) atoms. The molecule has 130 valence electrons. The van der Waals surface area contributed by atoms with Gasteiger partial charge < -0.3 is 10.2 Å². The van der Waals surface area contributed by atoms with Crippen molar-refractivity contribution in [3.63, 3.8) is 0 Å². The Morgan fingerprint density at radius 2 is 1.92 bits per heavy atom. The maximum atomic E-state index is 11.7. The lowest BCUT2D eigenvalue weighted by Gasteiger charge is -2.26. The average Bonchev–Trinajstić information content (AvgIpc) is 2.59. The molecule has 0 unspecified atom stereocenters. The summed E-state index contributed by atoms with van der Waals surface area (Å²) in [6.07, 6.45) is 11.9. The van der Waals surface area contributed by atoms with Gasteiger partial charge >= 0.3 is 0 Å². The van der Waals surface area contributed by atoms with Crippen molar-refractivity contribution in [2.45, 2.75) is 25.7 Å². The number of hydrogen-bond acceptors (Lipinski definition) is 2. The van der Waals surface area contributed by atoms with Crippen LogP contribution in [0, 0.1) is 0 Å². The quantitative estimate of drug-likeness (QED) is 0.436. The monoisotopic (exact) mass is 366 g/mol. The molecule has 1 heterocycles. The second-order valence-corrected chi connectivity index (χ2v) is 6.75. The molecule has 0 bridgehead atoms. The van der Waals surface area contributed by atoms with Crippen LogP contribution in [-0.4, -0.2) is 37.0 Å². The van der Waals surface area contributed by atoms with Crippen LogP contribution in [-0.2, 0) is 4.79 Å². The molecule has 1 aliphatic heterocycles. The first kappa shape index (κ1) is 19.0. The lowest BCUT2D eigenvalue weighted by molar-refractivity contribution is -0.116. The molecule has 0 spiro atoms. The molecule has 1 aliphatic rings. The lowest BCUT2D eigenvalue weighted by atomic mass is 10.1. The highest BCUT2D eigenvalue weighted by atomic mass is 35.5. The van der Waals surface area contributed by atoms with Crippen LogP contribution in [0.5, 0.6) is 0 Å². The Bertz CT molecular complexity index is 593. The summed E-state index contributed by atoms with van der Waals surface area (Å²) in [6, 6.07) is 5.41. The summed E-state index contributed by atoms with van der Waals surface area (Å²) in [7, 11) is 0. The Morgan fingerprint density at radius 3 is 2.67 bits per heavy atom. The number of carbonyl (C=O) groups excluding carboxylic acids is 1. The molecule has 0 aliphatic carbocycles. The van der Waals surface area contributed by atoms with Gasteiger partial charge in [-0.25, -0.2) is 0 Å². The van der Waals surface area contributed by atoms with E-state index in [1.165, 1.54) is 38.4 Å². The normalized spacial score (nSPS) is 16.1. The molecule has 3 nitrogen and oxygen atoms in total. The minimum absolute atomic E-state index is 0.0626. The van der Waals surface area contributed by atoms with Crippen molar-refractivity contribution in [3.8, 4) is 0 Å². The van der Waals surface area contributed by atoms with Crippen molar-refractivity contribution in [3.05, 3.63) is 52.0 Å². The summed E-state index contributed by atoms with van der Waals surface area (Å²) < 4.78 is 0. The first-order chi connectivity index (χ1) is 11.6. The van der Waals surface area contributed by atoms with Gasteiger partial charge in [-0.2, -0.15) is 0 Å². The summed E-state index contributed by atoms with van der Waals surface area (Å²) in [5, 5.41) is 3.97. The van der Waals surface area contributed by atoms with E-state index >= 15 is 0 Å². The fourth-order valence-corrected chi connectivity index (χ4v) is 2.99. The summed E-state index contributed by atoms with van der Waals surface area (Å²) in [5.41, 5.74) is 0.941. The Kier molecular flexibility index (Phi) is 8.37. The second-order valence-electron chi connectivity index (χ2n) is 5.94. The van der Waals surface area contributed by atoms with E-state index in [1.54, 1.807) is 18.2 Å². The van der Waals surface area contributed by atoms with Crippen LogP contribution in [0.2, 0.25) is 10.0 Å². The summed E-state index contributed by atoms with van der Waals surface area (Å²) in [4.78, 5) is 14.2. The van der Waals surface area contributed by atoms with Gasteiger partial charge in [-0.05, 0) is 56.6 Å². The van der Waals surface area contributed by atoms with Crippen LogP contribution in [0.1, 0.15) is 31.2 Å². The van der Waals surface area contributed by atoms with Crippen LogP contribution in [0.4, 0.5) is 0 Å². The zero-order chi connectivity index (χ0) is 17.2. The number of nitrogens with zero attached hydrogens (tertiary/aromatic N) is 1. The maximum Gasteiger partial charge on any atom is 0.243 e. The van der Waals surface area contributed by atoms with E-state index in [4.69, 9.17) is 23.2 Å². The fraction of sp³-hybridized carbons (Fsp3) is 0.421. The highest BCUT2D eigenvalue weighted by molar-refractivity contribution is 6.42. The number of nitrogens with one attached hydrogen (secondary N) is 1. The molecular formula is C19H24Cl2N2O. The summed E-state index contributed by atoms with van der Waals surface area (Å²) >= 11 is 11.8. The second kappa shape index (κ2) is 10.5. The van der Waals surface area contributed by atoms with Gasteiger partial charge in [0.05, 0.1) is 10.0 Å². The molecule has 1 aromatic carbocycles. The van der Waals surface area contributed by atoms with E-state index in [-0.39, 0.29) is 5.91 Å². The first-order valence-electron chi connectivity index (χ1n) is 8.45. The van der Waals surface area contributed by atoms with Crippen molar-refractivity contribution >= 4 is 35.2 Å². The zero-order valence-electron chi connectivity index (χ0n) is 13.8. The Morgan fingerprint density at radius 1 is 1.12 bits per heavy atom. The Hall–Kier alpha value is -1.29. The first-order valence-corrected chi connectivity index (χ1v) is 9.21. The molecule has 0 aromatic heterocycles. The molecule has 5 heteroatoms. The predicted octanol–water partition coefficient (Wildman–Crippen LogP) is 4.56. The zero-order valence-corrected chi connectivity index (χ0v) is 15.3. The van der Waals surface area contributed by atoms with Crippen LogP contribution >= 0.6 is 23.2 Å². The maximum absolute atomic E-state index is 11.7. The van der Waals surface area contributed by atoms with Gasteiger partial charge in [0.25, 0.3) is 0 Å². The summed E-state index contributed by atoms with van der Waals surface area (Å²) in [6.45, 7) is 4.19. The fourth-order valence-electron chi connectivity index (χ4n) is 2.68. The van der Waals surface area contributed by atoms with Crippen molar-refractivity contribution in [2.75, 3.05) is 26.2 Å². The van der Waals surface area contributed by atoms with Crippen molar-refractivity contribution in [2.24, 2.45) is 0 Å². The van der Waals surface area contributed by atoms with Crippen molar-refractivity contribution in [1.29, 1.82) is 0 Å². The van der Waals surface area contributed by atoms with Gasteiger partial charge in [0.1, 0.15) is 0 Å². The van der Waals surface area contributed by atoms with E-state index in [0.29, 0.717) is 10.0 Å². The number of halogens is 2. The molecule has 2 rings (SSSR count). The van der Waals surface area contributed by atoms with Gasteiger partial charge in [0.2, 0.25) is 5.91 Å². The van der Waals surface area contributed by atoms with Gasteiger partial charge in [0, 0.05) is 12.6 Å².